The molecular formula is C13H20FN3. The first-order valence-corrected chi connectivity index (χ1v) is 6.20. The summed E-state index contributed by atoms with van der Waals surface area (Å²) in [6, 6.07) is 2.98. The van der Waals surface area contributed by atoms with Gasteiger partial charge >= 0.3 is 0 Å². The van der Waals surface area contributed by atoms with E-state index >= 15 is 0 Å². The predicted molar refractivity (Wildman–Crippen MR) is 66.0 cm³/mol. The van der Waals surface area contributed by atoms with Crippen LogP contribution in [0.1, 0.15) is 31.0 Å². The van der Waals surface area contributed by atoms with Gasteiger partial charge in [0, 0.05) is 12.6 Å². The number of halogens is 1. The molecule has 2 rings (SSSR count). The van der Waals surface area contributed by atoms with E-state index < -0.39 is 0 Å². The van der Waals surface area contributed by atoms with Gasteiger partial charge in [0.15, 0.2) is 0 Å². The zero-order chi connectivity index (χ0) is 12.3. The van der Waals surface area contributed by atoms with Crippen molar-refractivity contribution in [1.29, 1.82) is 0 Å². The molecule has 17 heavy (non-hydrogen) atoms. The first-order chi connectivity index (χ1) is 8.15. The van der Waals surface area contributed by atoms with Crippen LogP contribution < -0.4 is 5.73 Å². The number of hydrogen-bond donors (Lipinski definition) is 1. The molecule has 0 radical (unpaired) electrons. The number of pyridine rings is 1. The fraction of sp³-hybridized carbons (Fsp3) is 0.615. The summed E-state index contributed by atoms with van der Waals surface area (Å²) in [5, 5.41) is 0. The fourth-order valence-corrected chi connectivity index (χ4v) is 1.95. The van der Waals surface area contributed by atoms with Crippen LogP contribution in [0.15, 0.2) is 18.3 Å². The summed E-state index contributed by atoms with van der Waals surface area (Å²) in [7, 11) is 2.13. The van der Waals surface area contributed by atoms with E-state index in [0.717, 1.165) is 24.6 Å². The Labute approximate surface area is 102 Å². The largest absolute Gasteiger partial charge is 0.323 e. The summed E-state index contributed by atoms with van der Waals surface area (Å²) in [5.74, 6) is 0.590. The molecule has 0 saturated heterocycles. The van der Waals surface area contributed by atoms with Crippen molar-refractivity contribution in [2.45, 2.75) is 25.3 Å². The van der Waals surface area contributed by atoms with Crippen LogP contribution in [0.2, 0.25) is 0 Å². The first kappa shape index (κ1) is 12.5. The van der Waals surface area contributed by atoms with Gasteiger partial charge in [-0.25, -0.2) is 4.39 Å². The van der Waals surface area contributed by atoms with Gasteiger partial charge in [0.1, 0.15) is 5.82 Å². The first-order valence-electron chi connectivity index (χ1n) is 6.20. The number of hydrogen-bond acceptors (Lipinski definition) is 3. The average molecular weight is 237 g/mol. The van der Waals surface area contributed by atoms with Gasteiger partial charge in [0.25, 0.3) is 0 Å². The molecule has 94 valence electrons. The third kappa shape index (κ3) is 4.06. The van der Waals surface area contributed by atoms with Crippen molar-refractivity contribution in [2.75, 3.05) is 20.1 Å². The minimum absolute atomic E-state index is 0.0998. The number of rotatable bonds is 6. The predicted octanol–water partition coefficient (Wildman–Crippen LogP) is 1.95. The Morgan fingerprint density at radius 3 is 2.88 bits per heavy atom. The topological polar surface area (TPSA) is 42.1 Å². The minimum atomic E-state index is -0.313. The standard InChI is InChI=1S/C13H20FN3/c1-17(9-10-2-3-10)7-6-12(15)13-5-4-11(14)8-16-13/h4-5,8,10,12H,2-3,6-7,9,15H2,1H3. The summed E-state index contributed by atoms with van der Waals surface area (Å²) in [5.41, 5.74) is 6.80. The zero-order valence-electron chi connectivity index (χ0n) is 10.3. The van der Waals surface area contributed by atoms with Crippen LogP contribution in [-0.2, 0) is 0 Å². The minimum Gasteiger partial charge on any atom is -0.323 e. The lowest BCUT2D eigenvalue weighted by Crippen LogP contribution is -2.25. The van der Waals surface area contributed by atoms with Crippen molar-refractivity contribution < 1.29 is 4.39 Å². The molecule has 1 aliphatic rings. The Hall–Kier alpha value is -1.00. The molecule has 0 amide bonds. The molecule has 1 aromatic heterocycles. The molecule has 1 aromatic rings. The average Bonchev–Trinajstić information content (AvgIpc) is 3.11. The highest BCUT2D eigenvalue weighted by Gasteiger charge is 2.22. The Balaban J connectivity index is 1.75. The van der Waals surface area contributed by atoms with Crippen molar-refractivity contribution in [3.8, 4) is 0 Å². The summed E-state index contributed by atoms with van der Waals surface area (Å²) in [4.78, 5) is 6.33. The third-order valence-electron chi connectivity index (χ3n) is 3.22. The maximum Gasteiger partial charge on any atom is 0.141 e. The Morgan fingerprint density at radius 1 is 1.53 bits per heavy atom. The summed E-state index contributed by atoms with van der Waals surface area (Å²) in [6.07, 6.45) is 4.83. The van der Waals surface area contributed by atoms with Crippen molar-refractivity contribution >= 4 is 0 Å². The van der Waals surface area contributed by atoms with Gasteiger partial charge < -0.3 is 10.6 Å². The lowest BCUT2D eigenvalue weighted by Gasteiger charge is -2.18. The van der Waals surface area contributed by atoms with Gasteiger partial charge in [0.2, 0.25) is 0 Å². The van der Waals surface area contributed by atoms with E-state index in [4.69, 9.17) is 5.73 Å². The SMILES string of the molecule is CN(CCC(N)c1ccc(F)cn1)CC1CC1. The highest BCUT2D eigenvalue weighted by atomic mass is 19.1. The smallest absolute Gasteiger partial charge is 0.141 e. The second-order valence-electron chi connectivity index (χ2n) is 5.00. The van der Waals surface area contributed by atoms with Gasteiger partial charge in [-0.1, -0.05) is 0 Å². The Bertz CT molecular complexity index is 348. The molecule has 0 aliphatic heterocycles. The Kier molecular flexibility index (Phi) is 4.07. The third-order valence-corrected chi connectivity index (χ3v) is 3.22. The van der Waals surface area contributed by atoms with Crippen molar-refractivity contribution in [3.05, 3.63) is 29.8 Å². The molecule has 4 heteroatoms. The van der Waals surface area contributed by atoms with E-state index in [0.29, 0.717) is 0 Å². The van der Waals surface area contributed by atoms with Crippen LogP contribution in [0.4, 0.5) is 4.39 Å². The number of nitrogens with zero attached hydrogens (tertiary/aromatic N) is 2. The molecule has 0 spiro atoms. The van der Waals surface area contributed by atoms with Crippen LogP contribution >= 0.6 is 0 Å². The van der Waals surface area contributed by atoms with Crippen molar-refractivity contribution in [3.63, 3.8) is 0 Å². The summed E-state index contributed by atoms with van der Waals surface area (Å²) >= 11 is 0. The zero-order valence-corrected chi connectivity index (χ0v) is 10.3. The van der Waals surface area contributed by atoms with Crippen LogP contribution in [0.25, 0.3) is 0 Å². The van der Waals surface area contributed by atoms with Crippen molar-refractivity contribution in [2.24, 2.45) is 11.7 Å². The highest BCUT2D eigenvalue weighted by Crippen LogP contribution is 2.29. The van der Waals surface area contributed by atoms with Crippen LogP contribution in [0.3, 0.4) is 0 Å². The van der Waals surface area contributed by atoms with Crippen LogP contribution in [-0.4, -0.2) is 30.0 Å². The van der Waals surface area contributed by atoms with Gasteiger partial charge in [-0.2, -0.15) is 0 Å². The molecule has 1 unspecified atom stereocenters. The monoisotopic (exact) mass is 237 g/mol. The molecule has 1 atom stereocenters. The normalized spacial score (nSPS) is 17.4. The number of aromatic nitrogens is 1. The maximum atomic E-state index is 12.7. The molecule has 1 saturated carbocycles. The second-order valence-corrected chi connectivity index (χ2v) is 5.00. The molecule has 0 bridgehead atoms. The van der Waals surface area contributed by atoms with E-state index in [9.17, 15) is 4.39 Å². The fourth-order valence-electron chi connectivity index (χ4n) is 1.95. The maximum absolute atomic E-state index is 12.7. The highest BCUT2D eigenvalue weighted by molar-refractivity contribution is 5.09. The molecule has 3 nitrogen and oxygen atoms in total. The molecule has 2 N–H and O–H groups in total. The van der Waals surface area contributed by atoms with Crippen molar-refractivity contribution in [1.82, 2.24) is 9.88 Å². The Morgan fingerprint density at radius 2 is 2.29 bits per heavy atom. The lowest BCUT2D eigenvalue weighted by atomic mass is 10.1. The molecule has 1 fully saturated rings. The van der Waals surface area contributed by atoms with E-state index in [-0.39, 0.29) is 11.9 Å². The van der Waals surface area contributed by atoms with Crippen LogP contribution in [0.5, 0.6) is 0 Å². The quantitative estimate of drug-likeness (QED) is 0.822. The van der Waals surface area contributed by atoms with E-state index in [1.165, 1.54) is 31.6 Å². The van der Waals surface area contributed by atoms with Crippen LogP contribution in [0, 0.1) is 11.7 Å². The second kappa shape index (κ2) is 5.56. The molecule has 1 heterocycles. The van der Waals surface area contributed by atoms with E-state index in [1.807, 2.05) is 0 Å². The molecule has 0 aromatic carbocycles. The van der Waals surface area contributed by atoms with E-state index in [2.05, 4.69) is 16.9 Å². The summed E-state index contributed by atoms with van der Waals surface area (Å²) < 4.78 is 12.7. The van der Waals surface area contributed by atoms with Gasteiger partial charge in [-0.15, -0.1) is 0 Å². The van der Waals surface area contributed by atoms with E-state index in [1.54, 1.807) is 6.07 Å². The lowest BCUT2D eigenvalue weighted by molar-refractivity contribution is 0.305. The number of nitrogens with two attached hydrogens (primary N) is 1. The molecular weight excluding hydrogens is 217 g/mol. The van der Waals surface area contributed by atoms with Gasteiger partial charge in [-0.05, 0) is 50.9 Å². The van der Waals surface area contributed by atoms with Gasteiger partial charge in [0.05, 0.1) is 11.9 Å². The summed E-state index contributed by atoms with van der Waals surface area (Å²) in [6.45, 7) is 2.14. The van der Waals surface area contributed by atoms with Gasteiger partial charge in [-0.3, -0.25) is 4.98 Å². The molecule has 1 aliphatic carbocycles.